The zero-order valence-corrected chi connectivity index (χ0v) is 11.8. The van der Waals surface area contributed by atoms with Gasteiger partial charge in [-0.05, 0) is 40.5 Å². The summed E-state index contributed by atoms with van der Waals surface area (Å²) >= 11 is 3.11. The summed E-state index contributed by atoms with van der Waals surface area (Å²) in [5, 5.41) is 3.16. The molecule has 18 heavy (non-hydrogen) atoms. The van der Waals surface area contributed by atoms with Crippen molar-refractivity contribution in [3.8, 4) is 0 Å². The van der Waals surface area contributed by atoms with E-state index >= 15 is 0 Å². The van der Waals surface area contributed by atoms with Gasteiger partial charge in [0.15, 0.2) is 0 Å². The van der Waals surface area contributed by atoms with Crippen LogP contribution >= 0.6 is 15.9 Å². The average Bonchev–Trinajstić information content (AvgIpc) is 2.29. The Hall–Kier alpha value is -0.940. The van der Waals surface area contributed by atoms with Crippen molar-refractivity contribution < 1.29 is 9.18 Å². The second kappa shape index (κ2) is 5.80. The SMILES string of the molecule is CCCN(C(=O)c1ccc(F)c(Br)c1)C1CNC1. The van der Waals surface area contributed by atoms with Crippen LogP contribution in [0, 0.1) is 5.82 Å². The molecule has 0 saturated carbocycles. The van der Waals surface area contributed by atoms with Gasteiger partial charge in [-0.25, -0.2) is 4.39 Å². The summed E-state index contributed by atoms with van der Waals surface area (Å²) < 4.78 is 13.5. The van der Waals surface area contributed by atoms with E-state index in [9.17, 15) is 9.18 Å². The third-order valence-corrected chi connectivity index (χ3v) is 3.70. The van der Waals surface area contributed by atoms with Crippen LogP contribution in [0.2, 0.25) is 0 Å². The smallest absolute Gasteiger partial charge is 0.254 e. The fraction of sp³-hybridized carbons (Fsp3) is 0.462. The molecule has 5 heteroatoms. The number of carbonyl (C=O) groups is 1. The third-order valence-electron chi connectivity index (χ3n) is 3.09. The largest absolute Gasteiger partial charge is 0.333 e. The summed E-state index contributed by atoms with van der Waals surface area (Å²) in [6, 6.07) is 4.67. The van der Waals surface area contributed by atoms with Gasteiger partial charge in [0, 0.05) is 25.2 Å². The van der Waals surface area contributed by atoms with E-state index in [0.717, 1.165) is 26.1 Å². The van der Waals surface area contributed by atoms with Crippen LogP contribution < -0.4 is 5.32 Å². The van der Waals surface area contributed by atoms with E-state index in [1.54, 1.807) is 6.07 Å². The maximum atomic E-state index is 13.2. The molecule has 1 aromatic carbocycles. The Morgan fingerprint density at radius 2 is 2.28 bits per heavy atom. The van der Waals surface area contributed by atoms with Gasteiger partial charge in [-0.1, -0.05) is 6.92 Å². The lowest BCUT2D eigenvalue weighted by molar-refractivity contribution is 0.0615. The van der Waals surface area contributed by atoms with E-state index in [4.69, 9.17) is 0 Å². The zero-order chi connectivity index (χ0) is 13.1. The molecule has 0 aliphatic carbocycles. The molecule has 98 valence electrons. The molecular weight excluding hydrogens is 299 g/mol. The van der Waals surface area contributed by atoms with Crippen molar-refractivity contribution in [3.63, 3.8) is 0 Å². The van der Waals surface area contributed by atoms with Crippen LogP contribution in [-0.2, 0) is 0 Å². The topological polar surface area (TPSA) is 32.3 Å². The predicted molar refractivity (Wildman–Crippen MR) is 72.1 cm³/mol. The van der Waals surface area contributed by atoms with Crippen molar-refractivity contribution in [2.75, 3.05) is 19.6 Å². The van der Waals surface area contributed by atoms with E-state index in [-0.39, 0.29) is 17.8 Å². The van der Waals surface area contributed by atoms with Crippen LogP contribution in [0.4, 0.5) is 4.39 Å². The van der Waals surface area contributed by atoms with Crippen LogP contribution in [0.5, 0.6) is 0 Å². The molecular formula is C13H16BrFN2O. The Labute approximate surface area is 114 Å². The molecule has 1 aliphatic heterocycles. The van der Waals surface area contributed by atoms with Gasteiger partial charge in [-0.3, -0.25) is 4.79 Å². The minimum atomic E-state index is -0.348. The van der Waals surface area contributed by atoms with Gasteiger partial charge in [0.1, 0.15) is 5.82 Å². The Kier molecular flexibility index (Phi) is 4.35. The van der Waals surface area contributed by atoms with Gasteiger partial charge in [0.05, 0.1) is 10.5 Å². The Balaban J connectivity index is 2.18. The Bertz CT molecular complexity index is 449. The maximum absolute atomic E-state index is 13.2. The first kappa shape index (κ1) is 13.5. The highest BCUT2D eigenvalue weighted by atomic mass is 79.9. The average molecular weight is 315 g/mol. The third kappa shape index (κ3) is 2.72. The summed E-state index contributed by atoms with van der Waals surface area (Å²) in [5.74, 6) is -0.372. The molecule has 0 atom stereocenters. The molecule has 1 aromatic rings. The number of amides is 1. The van der Waals surface area contributed by atoms with Crippen LogP contribution in [0.25, 0.3) is 0 Å². The molecule has 3 nitrogen and oxygen atoms in total. The van der Waals surface area contributed by atoms with Gasteiger partial charge in [0.2, 0.25) is 0 Å². The molecule has 0 radical (unpaired) electrons. The number of carbonyl (C=O) groups excluding carboxylic acids is 1. The lowest BCUT2D eigenvalue weighted by Crippen LogP contribution is -2.59. The van der Waals surface area contributed by atoms with Crippen LogP contribution in [0.3, 0.4) is 0 Å². The van der Waals surface area contributed by atoms with Crippen LogP contribution in [-0.4, -0.2) is 36.5 Å². The first-order valence-electron chi connectivity index (χ1n) is 6.10. The van der Waals surface area contributed by atoms with E-state index in [1.807, 2.05) is 11.8 Å². The van der Waals surface area contributed by atoms with Crippen molar-refractivity contribution >= 4 is 21.8 Å². The van der Waals surface area contributed by atoms with Gasteiger partial charge < -0.3 is 10.2 Å². The maximum Gasteiger partial charge on any atom is 0.254 e. The lowest BCUT2D eigenvalue weighted by Gasteiger charge is -2.38. The van der Waals surface area contributed by atoms with Crippen LogP contribution in [0.1, 0.15) is 23.7 Å². The summed E-state index contributed by atoms with van der Waals surface area (Å²) in [6.45, 7) is 4.47. The number of rotatable bonds is 4. The lowest BCUT2D eigenvalue weighted by atomic mass is 10.1. The second-order valence-corrected chi connectivity index (χ2v) is 5.29. The quantitative estimate of drug-likeness (QED) is 0.925. The number of hydrogen-bond acceptors (Lipinski definition) is 2. The molecule has 1 fully saturated rings. The number of nitrogens with zero attached hydrogens (tertiary/aromatic N) is 1. The molecule has 1 heterocycles. The van der Waals surface area contributed by atoms with E-state index in [2.05, 4.69) is 21.2 Å². The fourth-order valence-corrected chi connectivity index (χ4v) is 2.36. The number of benzene rings is 1. The van der Waals surface area contributed by atoms with Crippen molar-refractivity contribution in [2.24, 2.45) is 0 Å². The second-order valence-electron chi connectivity index (χ2n) is 4.44. The minimum absolute atomic E-state index is 0.0240. The summed E-state index contributed by atoms with van der Waals surface area (Å²) in [6.07, 6.45) is 0.921. The molecule has 1 amide bonds. The van der Waals surface area contributed by atoms with Crippen molar-refractivity contribution in [1.82, 2.24) is 10.2 Å². The van der Waals surface area contributed by atoms with Crippen molar-refractivity contribution in [2.45, 2.75) is 19.4 Å². The molecule has 1 N–H and O–H groups in total. The predicted octanol–water partition coefficient (Wildman–Crippen LogP) is 2.41. The normalized spacial score (nSPS) is 15.3. The molecule has 2 rings (SSSR count). The summed E-state index contributed by atoms with van der Waals surface area (Å²) in [5.41, 5.74) is 0.531. The van der Waals surface area contributed by atoms with Crippen molar-refractivity contribution in [3.05, 3.63) is 34.1 Å². The van der Waals surface area contributed by atoms with Gasteiger partial charge >= 0.3 is 0 Å². The number of halogens is 2. The van der Waals surface area contributed by atoms with Crippen molar-refractivity contribution in [1.29, 1.82) is 0 Å². The number of nitrogens with one attached hydrogen (secondary N) is 1. The Morgan fingerprint density at radius 3 is 2.78 bits per heavy atom. The highest BCUT2D eigenvalue weighted by Gasteiger charge is 2.28. The molecule has 0 spiro atoms. The molecule has 0 aromatic heterocycles. The standard InChI is InChI=1S/C13H16BrFN2O/c1-2-5-17(10-7-16-8-10)13(18)9-3-4-12(15)11(14)6-9/h3-4,6,10,16H,2,5,7-8H2,1H3. The number of hydrogen-bond donors (Lipinski definition) is 1. The van der Waals surface area contributed by atoms with Gasteiger partial charge in [0.25, 0.3) is 5.91 Å². The van der Waals surface area contributed by atoms with Gasteiger partial charge in [-0.15, -0.1) is 0 Å². The molecule has 1 aliphatic rings. The minimum Gasteiger partial charge on any atom is -0.333 e. The van der Waals surface area contributed by atoms with E-state index < -0.39 is 0 Å². The first-order valence-corrected chi connectivity index (χ1v) is 6.89. The highest BCUT2D eigenvalue weighted by molar-refractivity contribution is 9.10. The Morgan fingerprint density at radius 1 is 1.56 bits per heavy atom. The summed E-state index contributed by atoms with van der Waals surface area (Å²) in [7, 11) is 0. The highest BCUT2D eigenvalue weighted by Crippen LogP contribution is 2.19. The van der Waals surface area contributed by atoms with Crippen LogP contribution in [0.15, 0.2) is 22.7 Å². The monoisotopic (exact) mass is 314 g/mol. The van der Waals surface area contributed by atoms with Gasteiger partial charge in [-0.2, -0.15) is 0 Å². The first-order chi connectivity index (χ1) is 8.63. The molecule has 0 bridgehead atoms. The molecule has 0 unspecified atom stereocenters. The summed E-state index contributed by atoms with van der Waals surface area (Å²) in [4.78, 5) is 14.3. The zero-order valence-electron chi connectivity index (χ0n) is 10.2. The molecule has 1 saturated heterocycles. The fourth-order valence-electron chi connectivity index (χ4n) is 1.98. The van der Waals surface area contributed by atoms with E-state index in [1.165, 1.54) is 12.1 Å². The van der Waals surface area contributed by atoms with E-state index in [0.29, 0.717) is 10.0 Å².